The zero-order valence-corrected chi connectivity index (χ0v) is 16.1. The van der Waals surface area contributed by atoms with Crippen molar-refractivity contribution < 1.29 is 32.2 Å². The topological polar surface area (TPSA) is 55.8 Å². The Bertz CT molecular complexity index is 730. The van der Waals surface area contributed by atoms with E-state index < -0.39 is 28.6 Å². The number of amides is 1. The second-order valence-corrected chi connectivity index (χ2v) is 6.72. The Balaban J connectivity index is 2.11. The first kappa shape index (κ1) is 22.2. The summed E-state index contributed by atoms with van der Waals surface area (Å²) in [5, 5.41) is -0.408. The van der Waals surface area contributed by atoms with Gasteiger partial charge in [0, 0.05) is 25.8 Å². The van der Waals surface area contributed by atoms with Crippen molar-refractivity contribution in [1.29, 1.82) is 0 Å². The molecule has 0 aliphatic carbocycles. The normalized spacial score (nSPS) is 17.1. The molecule has 1 heterocycles. The summed E-state index contributed by atoms with van der Waals surface area (Å²) < 4.78 is 49.0. The van der Waals surface area contributed by atoms with Crippen molar-refractivity contribution in [2.75, 3.05) is 26.8 Å². The number of halogens is 4. The van der Waals surface area contributed by atoms with Crippen LogP contribution in [-0.2, 0) is 25.2 Å². The second kappa shape index (κ2) is 9.93. The number of alkyl halides is 3. The van der Waals surface area contributed by atoms with Gasteiger partial charge in [-0.1, -0.05) is 17.7 Å². The molecule has 2 rings (SSSR count). The highest BCUT2D eigenvalue weighted by Crippen LogP contribution is 2.35. The summed E-state index contributed by atoms with van der Waals surface area (Å²) in [5.41, 5.74) is -0.777. The minimum Gasteiger partial charge on any atom is -0.469 e. The van der Waals surface area contributed by atoms with Gasteiger partial charge >= 0.3 is 12.1 Å². The Kier molecular flexibility index (Phi) is 7.88. The molecule has 0 aromatic heterocycles. The number of carbonyl (C=O) groups excluding carboxylic acids is 2. The lowest BCUT2D eigenvalue weighted by Gasteiger charge is -2.24. The van der Waals surface area contributed by atoms with Gasteiger partial charge in [0.05, 0.1) is 30.2 Å². The van der Waals surface area contributed by atoms with Gasteiger partial charge in [-0.15, -0.1) is 0 Å². The van der Waals surface area contributed by atoms with Crippen molar-refractivity contribution in [2.45, 2.75) is 31.5 Å². The smallest absolute Gasteiger partial charge is 0.417 e. The average molecular weight is 420 g/mol. The zero-order valence-electron chi connectivity index (χ0n) is 15.3. The fourth-order valence-electron chi connectivity index (χ4n) is 2.79. The van der Waals surface area contributed by atoms with E-state index in [1.807, 2.05) is 0 Å². The highest BCUT2D eigenvalue weighted by molar-refractivity contribution is 6.31. The van der Waals surface area contributed by atoms with E-state index in [0.29, 0.717) is 13.2 Å². The number of ether oxygens (including phenoxy) is 2. The van der Waals surface area contributed by atoms with Crippen LogP contribution in [0.3, 0.4) is 0 Å². The van der Waals surface area contributed by atoms with Crippen LogP contribution in [0.25, 0.3) is 6.08 Å². The molecule has 9 heteroatoms. The molecule has 1 aromatic carbocycles. The lowest BCUT2D eigenvalue weighted by Crippen LogP contribution is -2.37. The van der Waals surface area contributed by atoms with Crippen LogP contribution >= 0.6 is 11.6 Å². The van der Waals surface area contributed by atoms with Crippen LogP contribution in [0.15, 0.2) is 24.3 Å². The van der Waals surface area contributed by atoms with E-state index in [9.17, 15) is 22.8 Å². The SMILES string of the molecule is COC(=O)CCN(CC1CCCO1)C(=O)/C=C/c1ccc(Cl)c(C(F)(F)F)c1. The van der Waals surface area contributed by atoms with Crippen molar-refractivity contribution in [3.8, 4) is 0 Å². The zero-order chi connectivity index (χ0) is 20.7. The van der Waals surface area contributed by atoms with E-state index in [4.69, 9.17) is 16.3 Å². The molecule has 1 aromatic rings. The Morgan fingerprint density at radius 2 is 2.14 bits per heavy atom. The number of hydrogen-bond acceptors (Lipinski definition) is 4. The molecular weight excluding hydrogens is 399 g/mol. The van der Waals surface area contributed by atoms with Gasteiger partial charge in [0.2, 0.25) is 5.91 Å². The summed E-state index contributed by atoms with van der Waals surface area (Å²) in [6, 6.07) is 3.40. The second-order valence-electron chi connectivity index (χ2n) is 6.32. The van der Waals surface area contributed by atoms with Crippen LogP contribution < -0.4 is 0 Å². The lowest BCUT2D eigenvalue weighted by atomic mass is 10.1. The van der Waals surface area contributed by atoms with E-state index in [1.54, 1.807) is 0 Å². The van der Waals surface area contributed by atoms with Crippen LogP contribution in [0.5, 0.6) is 0 Å². The first-order chi connectivity index (χ1) is 13.2. The Hall–Kier alpha value is -2.06. The fourth-order valence-corrected chi connectivity index (χ4v) is 3.02. The number of carbonyl (C=O) groups is 2. The maximum atomic E-state index is 13.0. The minimum absolute atomic E-state index is 0.0158. The van der Waals surface area contributed by atoms with E-state index in [0.717, 1.165) is 25.0 Å². The van der Waals surface area contributed by atoms with Gasteiger partial charge in [-0.2, -0.15) is 13.2 Å². The third-order valence-electron chi connectivity index (χ3n) is 4.29. The Labute approximate surface area is 166 Å². The number of methoxy groups -OCH3 is 1. The Morgan fingerprint density at radius 3 is 2.75 bits per heavy atom. The molecule has 0 saturated carbocycles. The van der Waals surface area contributed by atoms with Crippen LogP contribution in [0.1, 0.15) is 30.4 Å². The van der Waals surface area contributed by atoms with Crippen molar-refractivity contribution in [3.63, 3.8) is 0 Å². The van der Waals surface area contributed by atoms with E-state index in [-0.39, 0.29) is 24.6 Å². The van der Waals surface area contributed by atoms with Crippen molar-refractivity contribution >= 4 is 29.6 Å². The third kappa shape index (κ3) is 6.53. The van der Waals surface area contributed by atoms with Crippen LogP contribution in [0, 0.1) is 0 Å². The molecule has 1 aliphatic rings. The molecule has 1 aliphatic heterocycles. The van der Waals surface area contributed by atoms with Gasteiger partial charge in [-0.05, 0) is 36.6 Å². The molecule has 28 heavy (non-hydrogen) atoms. The maximum absolute atomic E-state index is 13.0. The van der Waals surface area contributed by atoms with Crippen LogP contribution in [0.2, 0.25) is 5.02 Å². The van der Waals surface area contributed by atoms with Gasteiger partial charge in [-0.25, -0.2) is 0 Å². The number of nitrogens with zero attached hydrogens (tertiary/aromatic N) is 1. The first-order valence-corrected chi connectivity index (χ1v) is 9.10. The van der Waals surface area contributed by atoms with Crippen LogP contribution in [0.4, 0.5) is 13.2 Å². The maximum Gasteiger partial charge on any atom is 0.417 e. The summed E-state index contributed by atoms with van der Waals surface area (Å²) in [5.74, 6) is -0.885. The van der Waals surface area contributed by atoms with Gasteiger partial charge in [0.25, 0.3) is 0 Å². The summed E-state index contributed by atoms with van der Waals surface area (Å²) in [7, 11) is 1.26. The van der Waals surface area contributed by atoms with Crippen LogP contribution in [-0.4, -0.2) is 49.7 Å². The third-order valence-corrected chi connectivity index (χ3v) is 4.62. The Morgan fingerprint density at radius 1 is 1.39 bits per heavy atom. The molecular formula is C19H21ClF3NO4. The molecule has 1 unspecified atom stereocenters. The molecule has 154 valence electrons. The number of esters is 1. The van der Waals surface area contributed by atoms with Crippen molar-refractivity contribution in [3.05, 3.63) is 40.4 Å². The number of benzene rings is 1. The quantitative estimate of drug-likeness (QED) is 0.496. The molecule has 1 saturated heterocycles. The predicted octanol–water partition coefficient (Wildman–Crippen LogP) is 3.94. The number of hydrogen-bond donors (Lipinski definition) is 0. The summed E-state index contributed by atoms with van der Waals surface area (Å²) in [4.78, 5) is 25.4. The predicted molar refractivity (Wildman–Crippen MR) is 97.7 cm³/mol. The molecule has 5 nitrogen and oxygen atoms in total. The molecule has 0 N–H and O–H groups in total. The lowest BCUT2D eigenvalue weighted by molar-refractivity contribution is -0.141. The molecule has 1 amide bonds. The van der Waals surface area contributed by atoms with E-state index >= 15 is 0 Å². The van der Waals surface area contributed by atoms with E-state index in [2.05, 4.69) is 4.74 Å². The highest BCUT2D eigenvalue weighted by atomic mass is 35.5. The largest absolute Gasteiger partial charge is 0.469 e. The van der Waals surface area contributed by atoms with Gasteiger partial charge < -0.3 is 14.4 Å². The average Bonchev–Trinajstić information content (AvgIpc) is 3.16. The summed E-state index contributed by atoms with van der Waals surface area (Å²) in [6.07, 6.45) is -0.534. The summed E-state index contributed by atoms with van der Waals surface area (Å²) in [6.45, 7) is 1.04. The molecule has 0 bridgehead atoms. The molecule has 0 spiro atoms. The first-order valence-electron chi connectivity index (χ1n) is 8.73. The fraction of sp³-hybridized carbons (Fsp3) is 0.474. The van der Waals surface area contributed by atoms with Gasteiger partial charge in [0.1, 0.15) is 0 Å². The minimum atomic E-state index is -4.59. The number of rotatable bonds is 7. The van der Waals surface area contributed by atoms with Crippen molar-refractivity contribution in [2.24, 2.45) is 0 Å². The highest BCUT2D eigenvalue weighted by Gasteiger charge is 2.33. The van der Waals surface area contributed by atoms with Gasteiger partial charge in [-0.3, -0.25) is 9.59 Å². The monoisotopic (exact) mass is 419 g/mol. The van der Waals surface area contributed by atoms with Crippen molar-refractivity contribution in [1.82, 2.24) is 4.90 Å². The molecule has 0 radical (unpaired) electrons. The molecule has 1 atom stereocenters. The van der Waals surface area contributed by atoms with E-state index in [1.165, 1.54) is 30.2 Å². The molecule has 1 fully saturated rings. The van der Waals surface area contributed by atoms with Gasteiger partial charge in [0.15, 0.2) is 0 Å². The summed E-state index contributed by atoms with van der Waals surface area (Å²) >= 11 is 5.60. The standard InChI is InChI=1S/C19H21ClF3NO4/c1-27-18(26)8-9-24(12-14-3-2-10-28-14)17(25)7-5-13-4-6-16(20)15(11-13)19(21,22)23/h4-7,11,14H,2-3,8-10,12H2,1H3/b7-5+.